The van der Waals surface area contributed by atoms with E-state index >= 15 is 0 Å². The zero-order chi connectivity index (χ0) is 20.2. The summed E-state index contributed by atoms with van der Waals surface area (Å²) in [4.78, 5) is 18.9. The van der Waals surface area contributed by atoms with Crippen molar-refractivity contribution in [3.8, 4) is 11.5 Å². The highest BCUT2D eigenvalue weighted by atomic mass is 16.5. The number of hydrogen-bond donors (Lipinski definition) is 0. The number of likely N-dealkylation sites (tertiary alicyclic amines) is 1. The SMILES string of the molecule is COc1ccc(OCCCn2c([C@H]3CCCN3C(C)=O)nc3ccccc32)cc1. The average molecular weight is 393 g/mol. The molecule has 0 aliphatic carbocycles. The molecule has 29 heavy (non-hydrogen) atoms. The van der Waals surface area contributed by atoms with Crippen LogP contribution in [0.5, 0.6) is 11.5 Å². The molecule has 1 amide bonds. The minimum absolute atomic E-state index is 0.0578. The molecule has 0 spiro atoms. The summed E-state index contributed by atoms with van der Waals surface area (Å²) in [5, 5.41) is 0. The Kier molecular flexibility index (Phi) is 5.69. The van der Waals surface area contributed by atoms with E-state index in [0.29, 0.717) is 6.61 Å². The first-order valence-electron chi connectivity index (χ1n) is 10.2. The Balaban J connectivity index is 1.49. The molecule has 6 heteroatoms. The molecule has 1 aromatic heterocycles. The summed E-state index contributed by atoms with van der Waals surface area (Å²) in [6.07, 6.45) is 2.84. The van der Waals surface area contributed by atoms with Gasteiger partial charge < -0.3 is 18.9 Å². The first kappa shape index (κ1) is 19.3. The number of aromatic nitrogens is 2. The van der Waals surface area contributed by atoms with Crippen LogP contribution in [-0.4, -0.2) is 40.6 Å². The van der Waals surface area contributed by atoms with Crippen LogP contribution in [0.25, 0.3) is 11.0 Å². The molecule has 1 saturated heterocycles. The summed E-state index contributed by atoms with van der Waals surface area (Å²) in [5.41, 5.74) is 2.09. The van der Waals surface area contributed by atoms with Crippen LogP contribution < -0.4 is 9.47 Å². The maximum atomic E-state index is 12.1. The number of amides is 1. The average Bonchev–Trinajstić information content (AvgIpc) is 3.36. The number of fused-ring (bicyclic) bond motifs is 1. The highest BCUT2D eigenvalue weighted by molar-refractivity contribution is 5.77. The molecule has 2 heterocycles. The first-order chi connectivity index (χ1) is 14.2. The van der Waals surface area contributed by atoms with Crippen molar-refractivity contribution in [1.29, 1.82) is 0 Å². The Morgan fingerprint density at radius 2 is 1.90 bits per heavy atom. The highest BCUT2D eigenvalue weighted by Gasteiger charge is 2.31. The molecule has 0 unspecified atom stereocenters. The van der Waals surface area contributed by atoms with Crippen molar-refractivity contribution in [2.24, 2.45) is 0 Å². The second-order valence-corrected chi connectivity index (χ2v) is 7.36. The maximum absolute atomic E-state index is 12.1. The number of rotatable bonds is 7. The molecular weight excluding hydrogens is 366 g/mol. The fourth-order valence-electron chi connectivity index (χ4n) is 4.08. The van der Waals surface area contributed by atoms with Crippen LogP contribution in [0.15, 0.2) is 48.5 Å². The summed E-state index contributed by atoms with van der Waals surface area (Å²) in [6, 6.07) is 15.9. The lowest BCUT2D eigenvalue weighted by molar-refractivity contribution is -0.129. The van der Waals surface area contributed by atoms with Gasteiger partial charge in [-0.2, -0.15) is 0 Å². The van der Waals surface area contributed by atoms with Gasteiger partial charge in [0.1, 0.15) is 17.3 Å². The molecule has 2 aromatic carbocycles. The molecule has 3 aromatic rings. The molecule has 6 nitrogen and oxygen atoms in total. The topological polar surface area (TPSA) is 56.6 Å². The van der Waals surface area contributed by atoms with E-state index in [0.717, 1.165) is 60.7 Å². The van der Waals surface area contributed by atoms with E-state index in [1.165, 1.54) is 0 Å². The second-order valence-electron chi connectivity index (χ2n) is 7.36. The van der Waals surface area contributed by atoms with E-state index in [9.17, 15) is 4.79 Å². The van der Waals surface area contributed by atoms with Gasteiger partial charge in [0, 0.05) is 20.0 Å². The van der Waals surface area contributed by atoms with Crippen molar-refractivity contribution in [3.63, 3.8) is 0 Å². The fourth-order valence-corrected chi connectivity index (χ4v) is 4.08. The van der Waals surface area contributed by atoms with Crippen molar-refractivity contribution in [1.82, 2.24) is 14.5 Å². The molecule has 1 aliphatic heterocycles. The monoisotopic (exact) mass is 393 g/mol. The van der Waals surface area contributed by atoms with Gasteiger partial charge >= 0.3 is 0 Å². The first-order valence-corrected chi connectivity index (χ1v) is 10.2. The predicted octanol–water partition coefficient (Wildman–Crippen LogP) is 4.20. The molecule has 0 saturated carbocycles. The smallest absolute Gasteiger partial charge is 0.220 e. The fraction of sp³-hybridized carbons (Fsp3) is 0.391. The number of para-hydroxylation sites is 2. The standard InChI is InChI=1S/C23H27N3O3/c1-17(27)25-14-5-9-22(25)23-24-20-7-3-4-8-21(20)26(23)15-6-16-29-19-12-10-18(28-2)11-13-19/h3-4,7-8,10-13,22H,5-6,9,14-16H2,1-2H3/t22-/m1/s1. The molecule has 0 N–H and O–H groups in total. The molecular formula is C23H27N3O3. The lowest BCUT2D eigenvalue weighted by atomic mass is 10.2. The van der Waals surface area contributed by atoms with E-state index in [1.54, 1.807) is 14.0 Å². The lowest BCUT2D eigenvalue weighted by Gasteiger charge is -2.24. The molecule has 1 aliphatic rings. The Labute approximate surface area is 171 Å². The Morgan fingerprint density at radius 1 is 1.14 bits per heavy atom. The van der Waals surface area contributed by atoms with Crippen LogP contribution in [0.3, 0.4) is 0 Å². The third-order valence-electron chi connectivity index (χ3n) is 5.49. The van der Waals surface area contributed by atoms with Gasteiger partial charge in [-0.1, -0.05) is 12.1 Å². The number of aryl methyl sites for hydroxylation is 1. The maximum Gasteiger partial charge on any atom is 0.220 e. The summed E-state index contributed by atoms with van der Waals surface area (Å²) in [6.45, 7) is 3.87. The largest absolute Gasteiger partial charge is 0.497 e. The second kappa shape index (κ2) is 8.55. The molecule has 0 bridgehead atoms. The number of imidazole rings is 1. The minimum Gasteiger partial charge on any atom is -0.497 e. The van der Waals surface area contributed by atoms with Gasteiger partial charge in [-0.25, -0.2) is 4.98 Å². The number of benzene rings is 2. The van der Waals surface area contributed by atoms with Gasteiger partial charge in [0.25, 0.3) is 0 Å². The summed E-state index contributed by atoms with van der Waals surface area (Å²) in [5.74, 6) is 2.76. The number of ether oxygens (including phenoxy) is 2. The number of carbonyl (C=O) groups is 1. The number of nitrogens with zero attached hydrogens (tertiary/aromatic N) is 3. The van der Waals surface area contributed by atoms with Crippen LogP contribution in [0, 0.1) is 0 Å². The van der Waals surface area contributed by atoms with Gasteiger partial charge in [-0.05, 0) is 55.7 Å². The van der Waals surface area contributed by atoms with Crippen molar-refractivity contribution >= 4 is 16.9 Å². The predicted molar refractivity (Wildman–Crippen MR) is 112 cm³/mol. The number of methoxy groups -OCH3 is 1. The minimum atomic E-state index is 0.0578. The Morgan fingerprint density at radius 3 is 2.66 bits per heavy atom. The summed E-state index contributed by atoms with van der Waals surface area (Å²) < 4.78 is 13.3. The van der Waals surface area contributed by atoms with Gasteiger partial charge in [-0.15, -0.1) is 0 Å². The van der Waals surface area contributed by atoms with Crippen molar-refractivity contribution < 1.29 is 14.3 Å². The Hall–Kier alpha value is -3.02. The lowest BCUT2D eigenvalue weighted by Crippen LogP contribution is -2.30. The quantitative estimate of drug-likeness (QED) is 0.565. The van der Waals surface area contributed by atoms with Crippen molar-refractivity contribution in [2.45, 2.75) is 38.8 Å². The Bertz CT molecular complexity index is 981. The molecule has 1 fully saturated rings. The van der Waals surface area contributed by atoms with E-state index in [-0.39, 0.29) is 11.9 Å². The van der Waals surface area contributed by atoms with Crippen LogP contribution >= 0.6 is 0 Å². The van der Waals surface area contributed by atoms with E-state index < -0.39 is 0 Å². The molecule has 152 valence electrons. The van der Waals surface area contributed by atoms with Crippen LogP contribution in [-0.2, 0) is 11.3 Å². The van der Waals surface area contributed by atoms with E-state index in [1.807, 2.05) is 47.4 Å². The van der Waals surface area contributed by atoms with E-state index in [4.69, 9.17) is 14.5 Å². The molecule has 0 radical (unpaired) electrons. The van der Waals surface area contributed by atoms with Gasteiger partial charge in [-0.3, -0.25) is 4.79 Å². The normalized spacial score (nSPS) is 16.3. The van der Waals surface area contributed by atoms with Crippen LogP contribution in [0.2, 0.25) is 0 Å². The summed E-state index contributed by atoms with van der Waals surface area (Å²) >= 11 is 0. The third kappa shape index (κ3) is 4.06. The molecule has 4 rings (SSSR count). The van der Waals surface area contributed by atoms with Crippen molar-refractivity contribution in [3.05, 3.63) is 54.4 Å². The third-order valence-corrected chi connectivity index (χ3v) is 5.49. The van der Waals surface area contributed by atoms with Gasteiger partial charge in [0.2, 0.25) is 5.91 Å². The highest BCUT2D eigenvalue weighted by Crippen LogP contribution is 2.33. The van der Waals surface area contributed by atoms with E-state index in [2.05, 4.69) is 10.6 Å². The van der Waals surface area contributed by atoms with Crippen LogP contribution in [0.4, 0.5) is 0 Å². The van der Waals surface area contributed by atoms with Gasteiger partial charge in [0.05, 0.1) is 30.8 Å². The zero-order valence-electron chi connectivity index (χ0n) is 17.0. The summed E-state index contributed by atoms with van der Waals surface area (Å²) in [7, 11) is 1.65. The van der Waals surface area contributed by atoms with Crippen molar-refractivity contribution in [2.75, 3.05) is 20.3 Å². The molecule has 1 atom stereocenters. The zero-order valence-corrected chi connectivity index (χ0v) is 17.0. The number of hydrogen-bond acceptors (Lipinski definition) is 4. The van der Waals surface area contributed by atoms with Gasteiger partial charge in [0.15, 0.2) is 0 Å². The number of carbonyl (C=O) groups excluding carboxylic acids is 1. The van der Waals surface area contributed by atoms with Crippen LogP contribution in [0.1, 0.15) is 38.1 Å².